The number of nitrogen functional groups attached to an aromatic ring is 1. The van der Waals surface area contributed by atoms with Gasteiger partial charge in [0.25, 0.3) is 0 Å². The fourth-order valence-corrected chi connectivity index (χ4v) is 4.07. The summed E-state index contributed by atoms with van der Waals surface area (Å²) in [6.07, 6.45) is 1.80. The highest BCUT2D eigenvalue weighted by Crippen LogP contribution is 2.38. The molecule has 10 nitrogen and oxygen atoms in total. The lowest BCUT2D eigenvalue weighted by Gasteiger charge is -2.17. The number of hydrogen-bond donors (Lipinski definition) is 1. The average molecular weight is 432 g/mol. The lowest BCUT2D eigenvalue weighted by atomic mass is 10.1. The molecule has 158 valence electrons. The van der Waals surface area contributed by atoms with E-state index in [1.807, 2.05) is 17.6 Å². The van der Waals surface area contributed by atoms with Crippen LogP contribution in [0.15, 0.2) is 36.7 Å². The quantitative estimate of drug-likeness (QED) is 0.533. The molecule has 1 aliphatic rings. The van der Waals surface area contributed by atoms with E-state index in [2.05, 4.69) is 21.9 Å². The first kappa shape index (κ1) is 20.5. The van der Waals surface area contributed by atoms with Crippen LogP contribution < -0.4 is 15.0 Å². The highest BCUT2D eigenvalue weighted by Gasteiger charge is 2.37. The summed E-state index contributed by atoms with van der Waals surface area (Å²) in [4.78, 5) is 12.8. The number of aromatic nitrogens is 4. The molecule has 0 radical (unpaired) electrons. The molecule has 1 aliphatic heterocycles. The number of anilines is 1. The topological polar surface area (TPSA) is 124 Å². The van der Waals surface area contributed by atoms with Gasteiger partial charge in [-0.15, -0.1) is 4.52 Å². The van der Waals surface area contributed by atoms with Gasteiger partial charge in [-0.05, 0) is 25.5 Å². The van der Waals surface area contributed by atoms with Crippen LogP contribution in [-0.2, 0) is 13.8 Å². The Morgan fingerprint density at radius 2 is 2.10 bits per heavy atom. The van der Waals surface area contributed by atoms with Crippen molar-refractivity contribution < 1.29 is 23.1 Å². The Morgan fingerprint density at radius 3 is 2.87 bits per heavy atom. The van der Waals surface area contributed by atoms with Gasteiger partial charge in [-0.25, -0.2) is 9.51 Å². The summed E-state index contributed by atoms with van der Waals surface area (Å²) in [5.41, 5.74) is 6.91. The molecule has 0 amide bonds. The zero-order chi connectivity index (χ0) is 21.1. The van der Waals surface area contributed by atoms with Crippen molar-refractivity contribution in [2.45, 2.75) is 32.6 Å². The van der Waals surface area contributed by atoms with Crippen molar-refractivity contribution in [3.63, 3.8) is 0 Å². The molecule has 4 atom stereocenters. The molecule has 0 saturated carbocycles. The first-order valence-corrected chi connectivity index (χ1v) is 10.8. The number of nitrogens with two attached hydrogens (primary N) is 1. The highest BCUT2D eigenvalue weighted by molar-refractivity contribution is 7.33. The molecule has 3 heterocycles. The SMILES string of the molecule is CCOc1nc(N)nc2c1ncn2C1OC(CO[P+](=O)Oc2ccccc2)CC1C. The number of hydrogen-bond acceptors (Lipinski definition) is 9. The number of para-hydroxylation sites is 1. The Hall–Kier alpha value is -2.81. The Labute approximate surface area is 174 Å². The van der Waals surface area contributed by atoms with Gasteiger partial charge in [-0.3, -0.25) is 4.57 Å². The molecule has 0 spiro atoms. The van der Waals surface area contributed by atoms with Crippen LogP contribution in [0.1, 0.15) is 26.5 Å². The van der Waals surface area contributed by atoms with Crippen LogP contribution in [0.3, 0.4) is 0 Å². The number of benzene rings is 1. The predicted molar refractivity (Wildman–Crippen MR) is 109 cm³/mol. The van der Waals surface area contributed by atoms with Crippen LogP contribution in [0.25, 0.3) is 11.2 Å². The molecular weight excluding hydrogens is 409 g/mol. The van der Waals surface area contributed by atoms with Gasteiger partial charge >= 0.3 is 8.25 Å². The summed E-state index contributed by atoms with van der Waals surface area (Å²) in [5, 5.41) is 0. The largest absolute Gasteiger partial charge is 0.750 e. The molecule has 1 fully saturated rings. The third kappa shape index (κ3) is 4.35. The number of ether oxygens (including phenoxy) is 2. The second kappa shape index (κ2) is 8.91. The fourth-order valence-electron chi connectivity index (χ4n) is 3.43. The zero-order valence-electron chi connectivity index (χ0n) is 16.7. The molecule has 4 rings (SSSR count). The molecule has 2 aromatic heterocycles. The molecule has 2 N–H and O–H groups in total. The summed E-state index contributed by atoms with van der Waals surface area (Å²) in [6.45, 7) is 4.51. The van der Waals surface area contributed by atoms with Gasteiger partial charge in [-0.2, -0.15) is 9.97 Å². The summed E-state index contributed by atoms with van der Waals surface area (Å²) in [7, 11) is -2.29. The maximum absolute atomic E-state index is 12.1. The second-order valence-corrected chi connectivity index (χ2v) is 7.82. The van der Waals surface area contributed by atoms with E-state index in [9.17, 15) is 4.57 Å². The summed E-state index contributed by atoms with van der Waals surface area (Å²) < 4.78 is 36.2. The van der Waals surface area contributed by atoms with E-state index in [4.69, 9.17) is 24.3 Å². The Balaban J connectivity index is 1.42. The van der Waals surface area contributed by atoms with Gasteiger partial charge in [-0.1, -0.05) is 25.1 Å². The first-order chi connectivity index (χ1) is 14.5. The standard InChI is InChI=1S/C19H23N5O5P/c1-3-26-17-15-16(22-19(20)23-17)24(11-21-15)18-12(2)9-14(28-18)10-27-30(25)29-13-7-5-4-6-8-13/h4-8,11-12,14,18H,3,9-10H2,1-2H3,(H2,20,22,23)/q+1. The van der Waals surface area contributed by atoms with Crippen LogP contribution in [0.5, 0.6) is 11.6 Å². The summed E-state index contributed by atoms with van der Waals surface area (Å²) in [5.74, 6) is 1.09. The van der Waals surface area contributed by atoms with Gasteiger partial charge in [0, 0.05) is 10.5 Å². The minimum atomic E-state index is -2.29. The minimum Gasteiger partial charge on any atom is -0.476 e. The van der Waals surface area contributed by atoms with Crippen molar-refractivity contribution in [2.75, 3.05) is 18.9 Å². The molecular formula is C19H23N5O5P+. The molecule has 4 unspecified atom stereocenters. The molecule has 11 heteroatoms. The van der Waals surface area contributed by atoms with E-state index < -0.39 is 8.25 Å². The predicted octanol–water partition coefficient (Wildman–Crippen LogP) is 3.48. The Kier molecular flexibility index (Phi) is 6.08. The molecule has 0 aliphatic carbocycles. The van der Waals surface area contributed by atoms with Crippen molar-refractivity contribution in [3.05, 3.63) is 36.7 Å². The molecule has 0 bridgehead atoms. The molecule has 30 heavy (non-hydrogen) atoms. The zero-order valence-corrected chi connectivity index (χ0v) is 17.6. The van der Waals surface area contributed by atoms with E-state index >= 15 is 0 Å². The second-order valence-electron chi connectivity index (χ2n) is 6.93. The number of nitrogens with zero attached hydrogens (tertiary/aromatic N) is 4. The highest BCUT2D eigenvalue weighted by atomic mass is 31.1. The summed E-state index contributed by atoms with van der Waals surface area (Å²) in [6, 6.07) is 8.88. The van der Waals surface area contributed by atoms with E-state index in [0.29, 0.717) is 29.4 Å². The van der Waals surface area contributed by atoms with Gasteiger partial charge < -0.3 is 15.2 Å². The Bertz CT molecular complexity index is 1030. The van der Waals surface area contributed by atoms with Crippen LogP contribution >= 0.6 is 8.25 Å². The summed E-state index contributed by atoms with van der Waals surface area (Å²) >= 11 is 0. The maximum atomic E-state index is 12.1. The lowest BCUT2D eigenvalue weighted by molar-refractivity contribution is -0.0253. The van der Waals surface area contributed by atoms with Gasteiger partial charge in [0.05, 0.1) is 19.0 Å². The Morgan fingerprint density at radius 1 is 1.30 bits per heavy atom. The average Bonchev–Trinajstić information content (AvgIpc) is 3.30. The molecule has 1 aromatic carbocycles. The van der Waals surface area contributed by atoms with Crippen molar-refractivity contribution >= 4 is 25.4 Å². The third-order valence-electron chi connectivity index (χ3n) is 4.70. The lowest BCUT2D eigenvalue weighted by Crippen LogP contribution is -2.16. The maximum Gasteiger partial charge on any atom is 0.750 e. The first-order valence-electron chi connectivity index (χ1n) is 9.66. The smallest absolute Gasteiger partial charge is 0.476 e. The van der Waals surface area contributed by atoms with E-state index in [0.717, 1.165) is 6.42 Å². The molecule has 3 aromatic rings. The van der Waals surface area contributed by atoms with E-state index in [1.165, 1.54) is 0 Å². The van der Waals surface area contributed by atoms with Gasteiger partial charge in [0.1, 0.15) is 12.8 Å². The van der Waals surface area contributed by atoms with Crippen LogP contribution in [0.2, 0.25) is 0 Å². The number of imidazole rings is 1. The van der Waals surface area contributed by atoms with Crippen LogP contribution in [0, 0.1) is 5.92 Å². The number of fused-ring (bicyclic) bond motifs is 1. The third-order valence-corrected chi connectivity index (χ3v) is 5.42. The van der Waals surface area contributed by atoms with Gasteiger partial charge in [0.15, 0.2) is 16.9 Å². The van der Waals surface area contributed by atoms with E-state index in [1.54, 1.807) is 30.6 Å². The van der Waals surface area contributed by atoms with Crippen LogP contribution in [0.4, 0.5) is 5.95 Å². The van der Waals surface area contributed by atoms with E-state index in [-0.39, 0.29) is 30.8 Å². The van der Waals surface area contributed by atoms with Gasteiger partial charge in [0.2, 0.25) is 11.8 Å². The van der Waals surface area contributed by atoms with Crippen molar-refractivity contribution in [3.8, 4) is 11.6 Å². The number of rotatable bonds is 8. The van der Waals surface area contributed by atoms with Crippen molar-refractivity contribution in [1.29, 1.82) is 0 Å². The monoisotopic (exact) mass is 432 g/mol. The fraction of sp³-hybridized carbons (Fsp3) is 0.421. The molecule has 1 saturated heterocycles. The van der Waals surface area contributed by atoms with Crippen molar-refractivity contribution in [2.24, 2.45) is 5.92 Å². The normalized spacial score (nSPS) is 21.7. The van der Waals surface area contributed by atoms with Crippen LogP contribution in [-0.4, -0.2) is 38.8 Å². The minimum absolute atomic E-state index is 0.105. The van der Waals surface area contributed by atoms with Crippen molar-refractivity contribution in [1.82, 2.24) is 19.5 Å².